The number of hydrogen-bond donors (Lipinski definition) is 0. The third-order valence-corrected chi connectivity index (χ3v) is 3.45. The maximum absolute atomic E-state index is 8.33. The van der Waals surface area contributed by atoms with Crippen molar-refractivity contribution in [2.45, 2.75) is 40.2 Å². The first kappa shape index (κ1) is 19.1. The van der Waals surface area contributed by atoms with Crippen LogP contribution in [0.2, 0.25) is 0 Å². The molecule has 0 aromatic heterocycles. The van der Waals surface area contributed by atoms with Gasteiger partial charge in [-0.25, -0.2) is 0 Å². The molecular weight excluding hydrogens is 300 g/mol. The third-order valence-electron chi connectivity index (χ3n) is 3.45. The molecule has 0 bridgehead atoms. The van der Waals surface area contributed by atoms with E-state index in [4.69, 9.17) is 11.1 Å². The fourth-order valence-corrected chi connectivity index (χ4v) is 2.08. The van der Waals surface area contributed by atoms with Crippen LogP contribution in [0.3, 0.4) is 0 Å². The predicted molar refractivity (Wildman–Crippen MR) is 98.0 cm³/mol. The molecule has 0 atom stereocenters. The van der Waals surface area contributed by atoms with Crippen LogP contribution in [0.5, 0.6) is 0 Å². The van der Waals surface area contributed by atoms with E-state index in [1.54, 1.807) is 6.07 Å². The molecule has 2 aromatic rings. The van der Waals surface area contributed by atoms with E-state index in [1.807, 2.05) is 19.1 Å². The molecule has 6 nitrogen and oxygen atoms in total. The van der Waals surface area contributed by atoms with E-state index in [0.29, 0.717) is 5.69 Å². The van der Waals surface area contributed by atoms with Crippen molar-refractivity contribution in [2.75, 3.05) is 0 Å². The van der Waals surface area contributed by atoms with Crippen LogP contribution < -0.4 is 0 Å². The van der Waals surface area contributed by atoms with Gasteiger partial charge in [0.05, 0.1) is 6.54 Å². The molecule has 124 valence electrons. The third kappa shape index (κ3) is 6.88. The standard InChI is InChI=1S/C9H10N6.C9H12/c1-2-7-3-8(6-12-14-10)5-9(4-7)13-15-11;1-3-9-6-4-8(2)5-7-9/h3-5H,2,6H2,1H3;4-7H,3H2,1-2H3. The van der Waals surface area contributed by atoms with Gasteiger partial charge in [-0.1, -0.05) is 60.0 Å². The summed E-state index contributed by atoms with van der Waals surface area (Å²) in [6, 6.07) is 14.1. The van der Waals surface area contributed by atoms with Crippen molar-refractivity contribution in [1.82, 2.24) is 0 Å². The van der Waals surface area contributed by atoms with Gasteiger partial charge in [-0.05, 0) is 59.7 Å². The van der Waals surface area contributed by atoms with Crippen molar-refractivity contribution in [3.63, 3.8) is 0 Å². The van der Waals surface area contributed by atoms with Gasteiger partial charge >= 0.3 is 0 Å². The molecular formula is C18H22N6. The Bertz CT molecular complexity index is 739. The van der Waals surface area contributed by atoms with Gasteiger partial charge in [0.25, 0.3) is 0 Å². The van der Waals surface area contributed by atoms with Crippen LogP contribution in [0.25, 0.3) is 20.9 Å². The Kier molecular flexibility index (Phi) is 8.54. The van der Waals surface area contributed by atoms with Gasteiger partial charge in [0.2, 0.25) is 0 Å². The molecule has 6 heteroatoms. The van der Waals surface area contributed by atoms with E-state index < -0.39 is 0 Å². The van der Waals surface area contributed by atoms with E-state index in [0.717, 1.165) is 24.0 Å². The second-order valence-electron chi connectivity index (χ2n) is 5.28. The van der Waals surface area contributed by atoms with E-state index in [1.165, 1.54) is 11.1 Å². The monoisotopic (exact) mass is 322 g/mol. The topological polar surface area (TPSA) is 97.5 Å². The summed E-state index contributed by atoms with van der Waals surface area (Å²) in [4.78, 5) is 5.41. The maximum Gasteiger partial charge on any atom is 0.0511 e. The summed E-state index contributed by atoms with van der Waals surface area (Å²) in [7, 11) is 0. The predicted octanol–water partition coefficient (Wildman–Crippen LogP) is 6.56. The van der Waals surface area contributed by atoms with Gasteiger partial charge in [-0.3, -0.25) is 0 Å². The lowest BCUT2D eigenvalue weighted by Gasteiger charge is -2.02. The molecule has 0 aliphatic carbocycles. The lowest BCUT2D eigenvalue weighted by atomic mass is 10.1. The summed E-state index contributed by atoms with van der Waals surface area (Å²) in [6.07, 6.45) is 1.98. The van der Waals surface area contributed by atoms with Crippen molar-refractivity contribution in [1.29, 1.82) is 0 Å². The van der Waals surface area contributed by atoms with Gasteiger partial charge in [-0.2, -0.15) is 0 Å². The van der Waals surface area contributed by atoms with Gasteiger partial charge in [0, 0.05) is 15.5 Å². The number of aryl methyl sites for hydroxylation is 3. The highest BCUT2D eigenvalue weighted by Crippen LogP contribution is 2.19. The van der Waals surface area contributed by atoms with Gasteiger partial charge in [0.1, 0.15) is 0 Å². The van der Waals surface area contributed by atoms with Crippen LogP contribution in [0.15, 0.2) is 52.7 Å². The highest BCUT2D eigenvalue weighted by molar-refractivity contribution is 5.44. The van der Waals surface area contributed by atoms with Crippen molar-refractivity contribution in [3.8, 4) is 0 Å². The molecule has 24 heavy (non-hydrogen) atoms. The lowest BCUT2D eigenvalue weighted by molar-refractivity contribution is 1.03. The smallest absolute Gasteiger partial charge is 0.0511 e. The number of azide groups is 2. The zero-order chi connectivity index (χ0) is 17.8. The number of rotatable bonds is 5. The van der Waals surface area contributed by atoms with E-state index in [-0.39, 0.29) is 6.54 Å². The molecule has 0 saturated heterocycles. The Morgan fingerprint density at radius 2 is 1.46 bits per heavy atom. The largest absolute Gasteiger partial charge is 0.0893 e. The average molecular weight is 322 g/mol. The van der Waals surface area contributed by atoms with Gasteiger partial charge in [-0.15, -0.1) is 0 Å². The first-order valence-electron chi connectivity index (χ1n) is 7.87. The molecule has 0 radical (unpaired) electrons. The summed E-state index contributed by atoms with van der Waals surface area (Å²) in [6.45, 7) is 6.56. The van der Waals surface area contributed by atoms with E-state index in [2.05, 4.69) is 58.2 Å². The number of nitrogens with zero attached hydrogens (tertiary/aromatic N) is 6. The van der Waals surface area contributed by atoms with Crippen molar-refractivity contribution >= 4 is 5.69 Å². The summed E-state index contributed by atoms with van der Waals surface area (Å²) in [5, 5.41) is 6.99. The fraction of sp³-hybridized carbons (Fsp3) is 0.333. The molecule has 0 aliphatic heterocycles. The van der Waals surface area contributed by atoms with Crippen LogP contribution in [-0.2, 0) is 19.4 Å². The molecule has 0 unspecified atom stereocenters. The first-order valence-corrected chi connectivity index (χ1v) is 7.87. The molecule has 0 heterocycles. The molecule has 2 aromatic carbocycles. The zero-order valence-corrected chi connectivity index (χ0v) is 14.3. The Balaban J connectivity index is 0.000000272. The highest BCUT2D eigenvalue weighted by atomic mass is 15.1. The minimum absolute atomic E-state index is 0.276. The fourth-order valence-electron chi connectivity index (χ4n) is 2.08. The van der Waals surface area contributed by atoms with Gasteiger partial charge in [0.15, 0.2) is 0 Å². The minimum atomic E-state index is 0.276. The highest BCUT2D eigenvalue weighted by Gasteiger charge is 1.98. The average Bonchev–Trinajstić information content (AvgIpc) is 2.61. The van der Waals surface area contributed by atoms with Crippen LogP contribution in [0, 0.1) is 6.92 Å². The van der Waals surface area contributed by atoms with Crippen LogP contribution in [0.1, 0.15) is 36.1 Å². The first-order chi connectivity index (χ1) is 11.6. The van der Waals surface area contributed by atoms with Crippen molar-refractivity contribution < 1.29 is 0 Å². The van der Waals surface area contributed by atoms with Crippen LogP contribution in [-0.4, -0.2) is 0 Å². The Labute approximate surface area is 142 Å². The van der Waals surface area contributed by atoms with E-state index in [9.17, 15) is 0 Å². The second-order valence-corrected chi connectivity index (χ2v) is 5.28. The molecule has 2 rings (SSSR count). The number of hydrogen-bond acceptors (Lipinski definition) is 2. The quantitative estimate of drug-likeness (QED) is 0.338. The molecule has 0 aliphatic rings. The molecule has 0 fully saturated rings. The normalized spacial score (nSPS) is 9.12. The maximum atomic E-state index is 8.33. The lowest BCUT2D eigenvalue weighted by Crippen LogP contribution is -1.85. The van der Waals surface area contributed by atoms with Crippen LogP contribution in [0.4, 0.5) is 5.69 Å². The SMILES string of the molecule is CCc1cc(CN=[N+]=[N-])cc(N=[N+]=[N-])c1.CCc1ccc(C)cc1. The number of benzene rings is 2. The molecule has 0 saturated carbocycles. The van der Waals surface area contributed by atoms with Gasteiger partial charge < -0.3 is 0 Å². The summed E-state index contributed by atoms with van der Waals surface area (Å²) in [5.74, 6) is 0. The Hall–Kier alpha value is -2.94. The van der Waals surface area contributed by atoms with Crippen molar-refractivity contribution in [3.05, 3.63) is 85.6 Å². The van der Waals surface area contributed by atoms with E-state index >= 15 is 0 Å². The molecule has 0 amide bonds. The zero-order valence-electron chi connectivity index (χ0n) is 14.3. The van der Waals surface area contributed by atoms with Crippen molar-refractivity contribution in [2.24, 2.45) is 10.2 Å². The Morgan fingerprint density at radius 1 is 0.833 bits per heavy atom. The Morgan fingerprint density at radius 3 is 2.00 bits per heavy atom. The second kappa shape index (κ2) is 10.7. The molecule has 0 N–H and O–H groups in total. The summed E-state index contributed by atoms with van der Waals surface area (Å²) >= 11 is 0. The molecule has 0 spiro atoms. The minimum Gasteiger partial charge on any atom is -0.0893 e. The summed E-state index contributed by atoms with van der Waals surface area (Å²) < 4.78 is 0. The van der Waals surface area contributed by atoms with Crippen LogP contribution >= 0.6 is 0 Å². The summed E-state index contributed by atoms with van der Waals surface area (Å²) in [5.41, 5.74) is 21.8.